The van der Waals surface area contributed by atoms with Gasteiger partial charge in [-0.1, -0.05) is 0 Å². The van der Waals surface area contributed by atoms with Gasteiger partial charge in [-0.25, -0.2) is 9.78 Å². The Bertz CT molecular complexity index is 459. The summed E-state index contributed by atoms with van der Waals surface area (Å²) >= 11 is 0. The molecule has 1 fully saturated rings. The molecule has 0 unspecified atom stereocenters. The summed E-state index contributed by atoms with van der Waals surface area (Å²) in [7, 11) is 0. The highest BCUT2D eigenvalue weighted by Crippen LogP contribution is 2.23. The fourth-order valence-corrected chi connectivity index (χ4v) is 2.04. The Hall–Kier alpha value is -2.09. The number of hydrogen-bond donors (Lipinski definition) is 1. The fourth-order valence-electron chi connectivity index (χ4n) is 2.04. The van der Waals surface area contributed by atoms with Gasteiger partial charge >= 0.3 is 5.97 Å². The zero-order valence-electron chi connectivity index (χ0n) is 9.33. The fraction of sp³-hybridized carbons (Fsp3) is 0.417. The summed E-state index contributed by atoms with van der Waals surface area (Å²) in [6, 6.07) is 5.43. The third kappa shape index (κ3) is 2.36. The van der Waals surface area contributed by atoms with Crippen molar-refractivity contribution in [3.8, 4) is 6.07 Å². The van der Waals surface area contributed by atoms with E-state index in [0.717, 1.165) is 12.8 Å². The second kappa shape index (κ2) is 4.83. The molecule has 2 heterocycles. The molecule has 1 saturated heterocycles. The highest BCUT2D eigenvalue weighted by atomic mass is 16.4. The molecule has 0 atom stereocenters. The van der Waals surface area contributed by atoms with Crippen molar-refractivity contribution in [1.29, 1.82) is 5.26 Å². The molecule has 1 aromatic rings. The topological polar surface area (TPSA) is 77.2 Å². The minimum atomic E-state index is -0.962. The zero-order valence-corrected chi connectivity index (χ0v) is 9.33. The van der Waals surface area contributed by atoms with Gasteiger partial charge in [-0.05, 0) is 25.0 Å². The van der Waals surface area contributed by atoms with Crippen LogP contribution in [0.2, 0.25) is 0 Å². The van der Waals surface area contributed by atoms with Crippen molar-refractivity contribution in [3.05, 3.63) is 23.9 Å². The normalized spacial score (nSPS) is 16.5. The molecule has 2 rings (SSSR count). The van der Waals surface area contributed by atoms with Crippen molar-refractivity contribution in [1.82, 2.24) is 4.98 Å². The van der Waals surface area contributed by atoms with Crippen LogP contribution in [0.15, 0.2) is 18.3 Å². The largest absolute Gasteiger partial charge is 0.478 e. The standard InChI is InChI=1S/C12H13N3O2/c13-8-9-3-6-15(7-4-9)11-10(12(16)17)2-1-5-14-11/h1-2,5,9H,3-4,6-7H2,(H,16,17). The van der Waals surface area contributed by atoms with E-state index in [0.29, 0.717) is 18.9 Å². The molecule has 1 aliphatic rings. The lowest BCUT2D eigenvalue weighted by molar-refractivity contribution is 0.0697. The summed E-state index contributed by atoms with van der Waals surface area (Å²) in [5, 5.41) is 17.9. The van der Waals surface area contributed by atoms with Gasteiger partial charge < -0.3 is 10.0 Å². The van der Waals surface area contributed by atoms with Gasteiger partial charge in [0.25, 0.3) is 0 Å². The average molecular weight is 231 g/mol. The average Bonchev–Trinajstić information content (AvgIpc) is 2.39. The van der Waals surface area contributed by atoms with E-state index in [9.17, 15) is 4.79 Å². The predicted molar refractivity (Wildman–Crippen MR) is 61.7 cm³/mol. The van der Waals surface area contributed by atoms with E-state index in [4.69, 9.17) is 10.4 Å². The van der Waals surface area contributed by atoms with E-state index < -0.39 is 5.97 Å². The van der Waals surface area contributed by atoms with Gasteiger partial charge in [-0.15, -0.1) is 0 Å². The maximum atomic E-state index is 11.1. The van der Waals surface area contributed by atoms with Crippen LogP contribution >= 0.6 is 0 Å². The number of carboxylic acids is 1. The van der Waals surface area contributed by atoms with Crippen LogP contribution in [-0.4, -0.2) is 29.1 Å². The minimum Gasteiger partial charge on any atom is -0.478 e. The van der Waals surface area contributed by atoms with Gasteiger partial charge in [-0.2, -0.15) is 5.26 Å². The molecular formula is C12H13N3O2. The number of piperidine rings is 1. The molecular weight excluding hydrogens is 218 g/mol. The number of nitrogens with zero attached hydrogens (tertiary/aromatic N) is 3. The summed E-state index contributed by atoms with van der Waals surface area (Å²) < 4.78 is 0. The second-order valence-electron chi connectivity index (χ2n) is 4.07. The lowest BCUT2D eigenvalue weighted by Crippen LogP contribution is -2.34. The Morgan fingerprint density at radius 3 is 2.82 bits per heavy atom. The maximum Gasteiger partial charge on any atom is 0.339 e. The summed E-state index contributed by atoms with van der Waals surface area (Å²) in [4.78, 5) is 17.1. The van der Waals surface area contributed by atoms with Gasteiger partial charge in [0.1, 0.15) is 11.4 Å². The van der Waals surface area contributed by atoms with Crippen LogP contribution in [0, 0.1) is 17.2 Å². The quantitative estimate of drug-likeness (QED) is 0.835. The van der Waals surface area contributed by atoms with Crippen LogP contribution in [0.5, 0.6) is 0 Å². The third-order valence-electron chi connectivity index (χ3n) is 2.99. The van der Waals surface area contributed by atoms with Gasteiger partial charge in [0.05, 0.1) is 6.07 Å². The van der Waals surface area contributed by atoms with Crippen LogP contribution in [0.4, 0.5) is 5.82 Å². The van der Waals surface area contributed by atoms with Crippen LogP contribution in [0.1, 0.15) is 23.2 Å². The predicted octanol–water partition coefficient (Wildman–Crippen LogP) is 1.52. The van der Waals surface area contributed by atoms with E-state index in [2.05, 4.69) is 11.1 Å². The molecule has 0 radical (unpaired) electrons. The number of carbonyl (C=O) groups is 1. The second-order valence-corrected chi connectivity index (χ2v) is 4.07. The Balaban J connectivity index is 2.19. The van der Waals surface area contributed by atoms with Crippen LogP contribution in [0.25, 0.3) is 0 Å². The van der Waals surface area contributed by atoms with Crippen LogP contribution < -0.4 is 4.90 Å². The zero-order chi connectivity index (χ0) is 12.3. The summed E-state index contributed by atoms with van der Waals surface area (Å²) in [5.41, 5.74) is 0.225. The van der Waals surface area contributed by atoms with Crippen molar-refractivity contribution in [2.75, 3.05) is 18.0 Å². The first kappa shape index (κ1) is 11.4. The minimum absolute atomic E-state index is 0.0863. The van der Waals surface area contributed by atoms with E-state index in [1.807, 2.05) is 4.90 Å². The lowest BCUT2D eigenvalue weighted by atomic mass is 9.98. The van der Waals surface area contributed by atoms with E-state index >= 15 is 0 Å². The number of hydrogen-bond acceptors (Lipinski definition) is 4. The van der Waals surface area contributed by atoms with E-state index in [1.165, 1.54) is 0 Å². The molecule has 0 bridgehead atoms. The Morgan fingerprint density at radius 2 is 2.24 bits per heavy atom. The molecule has 5 heteroatoms. The Kier molecular flexibility index (Phi) is 3.24. The van der Waals surface area contributed by atoms with Gasteiger partial charge in [0, 0.05) is 25.2 Å². The smallest absolute Gasteiger partial charge is 0.339 e. The van der Waals surface area contributed by atoms with Crippen LogP contribution in [-0.2, 0) is 0 Å². The van der Waals surface area contributed by atoms with Crippen molar-refractivity contribution in [3.63, 3.8) is 0 Å². The van der Waals surface area contributed by atoms with Crippen molar-refractivity contribution in [2.24, 2.45) is 5.92 Å². The summed E-state index contributed by atoms with van der Waals surface area (Å²) in [6.45, 7) is 1.38. The molecule has 1 aromatic heterocycles. The highest BCUT2D eigenvalue weighted by molar-refractivity contribution is 5.93. The molecule has 0 saturated carbocycles. The molecule has 0 aromatic carbocycles. The lowest BCUT2D eigenvalue weighted by Gasteiger charge is -2.30. The summed E-state index contributed by atoms with van der Waals surface area (Å²) in [5.74, 6) is -0.366. The van der Waals surface area contributed by atoms with E-state index in [1.54, 1.807) is 18.3 Å². The maximum absolute atomic E-state index is 11.1. The molecule has 5 nitrogen and oxygen atoms in total. The van der Waals surface area contributed by atoms with Gasteiger partial charge in [-0.3, -0.25) is 0 Å². The van der Waals surface area contributed by atoms with Gasteiger partial charge in [0.15, 0.2) is 0 Å². The SMILES string of the molecule is N#CC1CCN(c2ncccc2C(=O)O)CC1. The Morgan fingerprint density at radius 1 is 1.53 bits per heavy atom. The number of pyridine rings is 1. The molecule has 17 heavy (non-hydrogen) atoms. The number of anilines is 1. The Labute approximate surface area is 99.3 Å². The number of rotatable bonds is 2. The molecule has 88 valence electrons. The van der Waals surface area contributed by atoms with Crippen molar-refractivity contribution in [2.45, 2.75) is 12.8 Å². The van der Waals surface area contributed by atoms with Crippen LogP contribution in [0.3, 0.4) is 0 Å². The number of carboxylic acid groups (broad SMARTS) is 1. The number of aromatic nitrogens is 1. The first-order valence-corrected chi connectivity index (χ1v) is 5.55. The molecule has 1 aliphatic heterocycles. The third-order valence-corrected chi connectivity index (χ3v) is 2.99. The monoisotopic (exact) mass is 231 g/mol. The summed E-state index contributed by atoms with van der Waals surface area (Å²) in [6.07, 6.45) is 3.14. The van der Waals surface area contributed by atoms with Gasteiger partial charge in [0.2, 0.25) is 0 Å². The first-order chi connectivity index (χ1) is 8.22. The number of aromatic carboxylic acids is 1. The molecule has 0 spiro atoms. The van der Waals surface area contributed by atoms with E-state index in [-0.39, 0.29) is 11.5 Å². The molecule has 0 aliphatic carbocycles. The molecule has 0 amide bonds. The molecule has 1 N–H and O–H groups in total. The van der Waals surface area contributed by atoms with Crippen molar-refractivity contribution >= 4 is 11.8 Å². The highest BCUT2D eigenvalue weighted by Gasteiger charge is 2.23. The first-order valence-electron chi connectivity index (χ1n) is 5.55. The number of nitriles is 1. The van der Waals surface area contributed by atoms with Crippen molar-refractivity contribution < 1.29 is 9.90 Å².